The van der Waals surface area contributed by atoms with Gasteiger partial charge in [-0.3, -0.25) is 0 Å². The number of carbonyl (C=O) groups is 1. The summed E-state index contributed by atoms with van der Waals surface area (Å²) in [6.45, 7) is 3.99. The van der Waals surface area contributed by atoms with Crippen LogP contribution in [-0.4, -0.2) is 12.6 Å². The van der Waals surface area contributed by atoms with Crippen molar-refractivity contribution in [3.63, 3.8) is 0 Å². The number of fused-ring (bicyclic) bond motifs is 1. The average Bonchev–Trinajstić information content (AvgIpc) is 2.67. The van der Waals surface area contributed by atoms with Crippen molar-refractivity contribution in [2.75, 3.05) is 6.61 Å². The van der Waals surface area contributed by atoms with Crippen molar-refractivity contribution in [2.45, 2.75) is 13.8 Å². The first kappa shape index (κ1) is 11.6. The van der Waals surface area contributed by atoms with E-state index < -0.39 is 0 Å². The molecule has 1 aromatic carbocycles. The van der Waals surface area contributed by atoms with Gasteiger partial charge in [-0.2, -0.15) is 5.26 Å². The van der Waals surface area contributed by atoms with Crippen LogP contribution in [0.25, 0.3) is 10.1 Å². The molecule has 0 fully saturated rings. The van der Waals surface area contributed by atoms with Crippen molar-refractivity contribution in [1.82, 2.24) is 0 Å². The number of aryl methyl sites for hydroxylation is 1. The maximum absolute atomic E-state index is 11.7. The number of rotatable bonds is 2. The van der Waals surface area contributed by atoms with Crippen LogP contribution in [0, 0.1) is 18.3 Å². The standard InChI is InChI=1S/C13H11NO2S/c1-3-16-13(15)12-8(2)11-9(7-14)5-4-6-10(11)17-12/h4-6H,3H2,1-2H3. The van der Waals surface area contributed by atoms with Gasteiger partial charge in [0.2, 0.25) is 0 Å². The van der Waals surface area contributed by atoms with E-state index >= 15 is 0 Å². The summed E-state index contributed by atoms with van der Waals surface area (Å²) in [6, 6.07) is 7.65. The third-order valence-corrected chi connectivity index (χ3v) is 3.77. The molecule has 0 aliphatic rings. The van der Waals surface area contributed by atoms with Gasteiger partial charge in [-0.1, -0.05) is 6.07 Å². The lowest BCUT2D eigenvalue weighted by Gasteiger charge is -1.99. The Morgan fingerprint density at radius 2 is 2.29 bits per heavy atom. The first-order valence-electron chi connectivity index (χ1n) is 5.28. The summed E-state index contributed by atoms with van der Waals surface area (Å²) in [6.07, 6.45) is 0. The van der Waals surface area contributed by atoms with E-state index in [0.717, 1.165) is 15.6 Å². The highest BCUT2D eigenvalue weighted by Gasteiger charge is 2.18. The third-order valence-electron chi connectivity index (χ3n) is 2.54. The number of esters is 1. The SMILES string of the molecule is CCOC(=O)c1sc2cccc(C#N)c2c1C. The molecule has 2 rings (SSSR count). The lowest BCUT2D eigenvalue weighted by Crippen LogP contribution is -2.03. The second-order valence-corrected chi connectivity index (χ2v) is 4.62. The van der Waals surface area contributed by atoms with Gasteiger partial charge in [-0.15, -0.1) is 11.3 Å². The minimum absolute atomic E-state index is 0.310. The average molecular weight is 245 g/mol. The predicted octanol–water partition coefficient (Wildman–Crippen LogP) is 3.26. The smallest absolute Gasteiger partial charge is 0.348 e. The van der Waals surface area contributed by atoms with Crippen LogP contribution in [0.1, 0.15) is 27.7 Å². The molecular weight excluding hydrogens is 234 g/mol. The van der Waals surface area contributed by atoms with Crippen LogP contribution in [0.5, 0.6) is 0 Å². The van der Waals surface area contributed by atoms with E-state index in [-0.39, 0.29) is 5.97 Å². The first-order valence-corrected chi connectivity index (χ1v) is 6.10. The molecular formula is C13H11NO2S. The zero-order valence-corrected chi connectivity index (χ0v) is 10.4. The zero-order chi connectivity index (χ0) is 12.4. The maximum atomic E-state index is 11.7. The number of benzene rings is 1. The molecule has 0 aliphatic heterocycles. The molecule has 0 unspecified atom stereocenters. The van der Waals surface area contributed by atoms with Crippen LogP contribution in [0.4, 0.5) is 0 Å². The summed E-state index contributed by atoms with van der Waals surface area (Å²) in [5.74, 6) is -0.310. The molecule has 1 aromatic heterocycles. The first-order chi connectivity index (χ1) is 8.19. The predicted molar refractivity (Wildman–Crippen MR) is 67.2 cm³/mol. The largest absolute Gasteiger partial charge is 0.462 e. The number of thiophene rings is 1. The van der Waals surface area contributed by atoms with Crippen LogP contribution in [0.3, 0.4) is 0 Å². The molecule has 3 nitrogen and oxygen atoms in total. The molecule has 0 saturated heterocycles. The van der Waals surface area contributed by atoms with E-state index in [4.69, 9.17) is 10.00 Å². The molecule has 4 heteroatoms. The lowest BCUT2D eigenvalue weighted by molar-refractivity contribution is 0.0531. The molecule has 0 spiro atoms. The second kappa shape index (κ2) is 4.56. The summed E-state index contributed by atoms with van der Waals surface area (Å²) in [4.78, 5) is 12.3. The Morgan fingerprint density at radius 1 is 1.53 bits per heavy atom. The number of hydrogen-bond acceptors (Lipinski definition) is 4. The summed E-state index contributed by atoms with van der Waals surface area (Å²) in [5.41, 5.74) is 1.44. The number of hydrogen-bond donors (Lipinski definition) is 0. The fourth-order valence-electron chi connectivity index (χ4n) is 1.79. The molecule has 0 N–H and O–H groups in total. The molecule has 2 aromatic rings. The van der Waals surface area contributed by atoms with E-state index in [2.05, 4.69) is 6.07 Å². The Labute approximate surface area is 103 Å². The molecule has 0 atom stereocenters. The van der Waals surface area contributed by atoms with Gasteiger partial charge in [0, 0.05) is 10.1 Å². The number of nitriles is 1. The van der Waals surface area contributed by atoms with Crippen molar-refractivity contribution >= 4 is 27.4 Å². The van der Waals surface area contributed by atoms with E-state index in [1.165, 1.54) is 11.3 Å². The molecule has 17 heavy (non-hydrogen) atoms. The summed E-state index contributed by atoms with van der Waals surface area (Å²) in [5, 5.41) is 9.91. The quantitative estimate of drug-likeness (QED) is 0.763. The molecule has 0 bridgehead atoms. The highest BCUT2D eigenvalue weighted by molar-refractivity contribution is 7.21. The Hall–Kier alpha value is -1.86. The molecule has 0 amide bonds. The van der Waals surface area contributed by atoms with Crippen molar-refractivity contribution in [2.24, 2.45) is 0 Å². The van der Waals surface area contributed by atoms with E-state index in [0.29, 0.717) is 17.0 Å². The van der Waals surface area contributed by atoms with E-state index in [1.807, 2.05) is 19.1 Å². The Morgan fingerprint density at radius 3 is 2.94 bits per heavy atom. The normalized spacial score (nSPS) is 10.2. The van der Waals surface area contributed by atoms with Crippen molar-refractivity contribution in [1.29, 1.82) is 5.26 Å². The van der Waals surface area contributed by atoms with Gasteiger partial charge >= 0.3 is 5.97 Å². The minimum Gasteiger partial charge on any atom is -0.462 e. The number of carbonyl (C=O) groups excluding carboxylic acids is 1. The van der Waals surface area contributed by atoms with Crippen molar-refractivity contribution in [3.8, 4) is 6.07 Å². The fourth-order valence-corrected chi connectivity index (χ4v) is 2.92. The number of ether oxygens (including phenoxy) is 1. The third kappa shape index (κ3) is 1.90. The highest BCUT2D eigenvalue weighted by atomic mass is 32.1. The van der Waals surface area contributed by atoms with Crippen LogP contribution in [-0.2, 0) is 4.74 Å². The number of nitrogens with zero attached hydrogens (tertiary/aromatic N) is 1. The van der Waals surface area contributed by atoms with Crippen LogP contribution >= 0.6 is 11.3 Å². The van der Waals surface area contributed by atoms with Crippen LogP contribution in [0.2, 0.25) is 0 Å². The summed E-state index contributed by atoms with van der Waals surface area (Å²) in [7, 11) is 0. The summed E-state index contributed by atoms with van der Waals surface area (Å²) < 4.78 is 5.95. The van der Waals surface area contributed by atoms with E-state index in [9.17, 15) is 4.79 Å². The maximum Gasteiger partial charge on any atom is 0.348 e. The van der Waals surface area contributed by atoms with Gasteiger partial charge in [0.05, 0.1) is 18.2 Å². The fraction of sp³-hybridized carbons (Fsp3) is 0.231. The lowest BCUT2D eigenvalue weighted by atomic mass is 10.1. The highest BCUT2D eigenvalue weighted by Crippen LogP contribution is 2.33. The van der Waals surface area contributed by atoms with Crippen LogP contribution < -0.4 is 0 Å². The topological polar surface area (TPSA) is 50.1 Å². The molecule has 0 radical (unpaired) electrons. The molecule has 0 saturated carbocycles. The van der Waals surface area contributed by atoms with Gasteiger partial charge in [-0.05, 0) is 31.5 Å². The van der Waals surface area contributed by atoms with Gasteiger partial charge in [0.15, 0.2) is 0 Å². The minimum atomic E-state index is -0.310. The van der Waals surface area contributed by atoms with Gasteiger partial charge in [0.25, 0.3) is 0 Å². The van der Waals surface area contributed by atoms with Gasteiger partial charge in [0.1, 0.15) is 4.88 Å². The Kier molecular flexibility index (Phi) is 3.12. The Balaban J connectivity index is 2.66. The molecule has 0 aliphatic carbocycles. The van der Waals surface area contributed by atoms with Crippen LogP contribution in [0.15, 0.2) is 18.2 Å². The van der Waals surface area contributed by atoms with Gasteiger partial charge in [-0.25, -0.2) is 4.79 Å². The monoisotopic (exact) mass is 245 g/mol. The van der Waals surface area contributed by atoms with Crippen molar-refractivity contribution < 1.29 is 9.53 Å². The Bertz CT molecular complexity index is 622. The summed E-state index contributed by atoms with van der Waals surface area (Å²) >= 11 is 1.38. The molecule has 1 heterocycles. The van der Waals surface area contributed by atoms with E-state index in [1.54, 1.807) is 13.0 Å². The second-order valence-electron chi connectivity index (χ2n) is 3.57. The van der Waals surface area contributed by atoms with Gasteiger partial charge < -0.3 is 4.74 Å². The van der Waals surface area contributed by atoms with Crippen molar-refractivity contribution in [3.05, 3.63) is 34.2 Å². The zero-order valence-electron chi connectivity index (χ0n) is 9.61. The molecule has 86 valence electrons.